The third-order valence-electron chi connectivity index (χ3n) is 4.46. The molecule has 2 heteroatoms. The van der Waals surface area contributed by atoms with Gasteiger partial charge in [0, 0.05) is 0 Å². The molecule has 0 saturated carbocycles. The topological polar surface area (TPSA) is 26.3 Å². The van der Waals surface area contributed by atoms with E-state index >= 15 is 0 Å². The van der Waals surface area contributed by atoms with Crippen LogP contribution in [0.25, 0.3) is 0 Å². The van der Waals surface area contributed by atoms with Crippen molar-refractivity contribution in [2.45, 2.75) is 59.3 Å². The van der Waals surface area contributed by atoms with Crippen LogP contribution in [0.4, 0.5) is 0 Å². The zero-order valence-corrected chi connectivity index (χ0v) is 15.9. The minimum absolute atomic E-state index is 0.194. The third kappa shape index (κ3) is 5.74. The Hall–Kier alpha value is -2.09. The van der Waals surface area contributed by atoms with Gasteiger partial charge >= 0.3 is 5.97 Å². The molecule has 2 aromatic rings. The van der Waals surface area contributed by atoms with Crippen molar-refractivity contribution in [2.75, 3.05) is 0 Å². The molecule has 0 bridgehead atoms. The summed E-state index contributed by atoms with van der Waals surface area (Å²) in [5.41, 5.74) is 3.42. The maximum atomic E-state index is 12.6. The quantitative estimate of drug-likeness (QED) is 0.440. The van der Waals surface area contributed by atoms with E-state index in [0.717, 1.165) is 36.8 Å². The molecule has 2 rings (SSSR count). The second kappa shape index (κ2) is 9.41. The summed E-state index contributed by atoms with van der Waals surface area (Å²) in [5.74, 6) is 0.866. The average Bonchev–Trinajstić information content (AvgIpc) is 2.60. The highest BCUT2D eigenvalue weighted by molar-refractivity contribution is 5.80. The summed E-state index contributed by atoms with van der Waals surface area (Å²) in [6, 6.07) is 16.2. The summed E-state index contributed by atoms with van der Waals surface area (Å²) in [6.45, 7) is 8.50. The monoisotopic (exact) mass is 338 g/mol. The molecule has 0 heterocycles. The van der Waals surface area contributed by atoms with Crippen LogP contribution in [0, 0.1) is 5.92 Å². The molecule has 1 unspecified atom stereocenters. The largest absolute Gasteiger partial charge is 0.426 e. The Labute approximate surface area is 152 Å². The average molecular weight is 338 g/mol. The van der Waals surface area contributed by atoms with E-state index < -0.39 is 0 Å². The maximum Gasteiger partial charge on any atom is 0.318 e. The highest BCUT2D eigenvalue weighted by Crippen LogP contribution is 2.24. The summed E-state index contributed by atoms with van der Waals surface area (Å²) in [7, 11) is 0. The zero-order valence-electron chi connectivity index (χ0n) is 15.9. The molecule has 0 N–H and O–H groups in total. The van der Waals surface area contributed by atoms with Gasteiger partial charge in [-0.15, -0.1) is 0 Å². The van der Waals surface area contributed by atoms with Crippen LogP contribution in [0.1, 0.15) is 63.1 Å². The van der Waals surface area contributed by atoms with Gasteiger partial charge in [-0.2, -0.15) is 0 Å². The first-order chi connectivity index (χ1) is 12.0. The van der Waals surface area contributed by atoms with Crippen molar-refractivity contribution >= 4 is 5.97 Å². The number of esters is 1. The predicted molar refractivity (Wildman–Crippen MR) is 104 cm³/mol. The summed E-state index contributed by atoms with van der Waals surface area (Å²) in [5, 5.41) is 0. The first kappa shape index (κ1) is 19.2. The van der Waals surface area contributed by atoms with Gasteiger partial charge in [-0.25, -0.2) is 0 Å². The van der Waals surface area contributed by atoms with E-state index in [1.54, 1.807) is 0 Å². The molecule has 0 aliphatic carbocycles. The Kier molecular flexibility index (Phi) is 7.24. The van der Waals surface area contributed by atoms with Crippen molar-refractivity contribution in [2.24, 2.45) is 5.92 Å². The fourth-order valence-corrected chi connectivity index (χ4v) is 2.92. The van der Waals surface area contributed by atoms with Gasteiger partial charge in [-0.3, -0.25) is 4.79 Å². The number of carbonyl (C=O) groups excluding carboxylic acids is 1. The lowest BCUT2D eigenvalue weighted by atomic mass is 9.97. The van der Waals surface area contributed by atoms with Gasteiger partial charge in [0.2, 0.25) is 0 Å². The van der Waals surface area contributed by atoms with E-state index in [-0.39, 0.29) is 11.9 Å². The van der Waals surface area contributed by atoms with Crippen LogP contribution in [0.15, 0.2) is 48.5 Å². The molecule has 0 radical (unpaired) electrons. The Bertz CT molecular complexity index is 671. The van der Waals surface area contributed by atoms with Gasteiger partial charge in [-0.1, -0.05) is 69.7 Å². The molecule has 0 aliphatic rings. The van der Waals surface area contributed by atoms with E-state index in [9.17, 15) is 4.79 Å². The predicted octanol–water partition coefficient (Wildman–Crippen LogP) is 5.94. The number of para-hydroxylation sites is 1. The summed E-state index contributed by atoms with van der Waals surface area (Å²) >= 11 is 0. The molecule has 0 aliphatic heterocycles. The van der Waals surface area contributed by atoms with Crippen LogP contribution in [0.3, 0.4) is 0 Å². The molecule has 1 atom stereocenters. The first-order valence-electron chi connectivity index (χ1n) is 9.39. The van der Waals surface area contributed by atoms with Crippen molar-refractivity contribution in [1.82, 2.24) is 0 Å². The van der Waals surface area contributed by atoms with Crippen molar-refractivity contribution in [3.8, 4) is 5.75 Å². The van der Waals surface area contributed by atoms with Crippen molar-refractivity contribution in [3.05, 3.63) is 65.2 Å². The SMILES string of the molecule is CCCCc1ccccc1OC(=O)C(C)c1ccc(CC(C)C)cc1. The minimum Gasteiger partial charge on any atom is -0.426 e. The van der Waals surface area contributed by atoms with E-state index in [4.69, 9.17) is 4.74 Å². The van der Waals surface area contributed by atoms with Crippen LogP contribution in [0.5, 0.6) is 5.75 Å². The van der Waals surface area contributed by atoms with Crippen LogP contribution in [0.2, 0.25) is 0 Å². The lowest BCUT2D eigenvalue weighted by molar-refractivity contribution is -0.135. The van der Waals surface area contributed by atoms with Gasteiger partial charge in [0.05, 0.1) is 5.92 Å². The van der Waals surface area contributed by atoms with Gasteiger partial charge in [0.25, 0.3) is 0 Å². The number of hydrogen-bond acceptors (Lipinski definition) is 2. The zero-order chi connectivity index (χ0) is 18.2. The highest BCUT2D eigenvalue weighted by Gasteiger charge is 2.18. The van der Waals surface area contributed by atoms with Crippen LogP contribution in [-0.2, 0) is 17.6 Å². The van der Waals surface area contributed by atoms with Crippen molar-refractivity contribution in [1.29, 1.82) is 0 Å². The first-order valence-corrected chi connectivity index (χ1v) is 9.39. The number of hydrogen-bond donors (Lipinski definition) is 0. The third-order valence-corrected chi connectivity index (χ3v) is 4.46. The number of unbranched alkanes of at least 4 members (excludes halogenated alkanes) is 1. The molecular weight excluding hydrogens is 308 g/mol. The summed E-state index contributed by atoms with van der Waals surface area (Å²) < 4.78 is 5.71. The van der Waals surface area contributed by atoms with Gasteiger partial charge in [-0.05, 0) is 54.9 Å². The fourth-order valence-electron chi connectivity index (χ4n) is 2.92. The molecular formula is C23H30O2. The lowest BCUT2D eigenvalue weighted by Crippen LogP contribution is -2.17. The van der Waals surface area contributed by atoms with E-state index in [1.165, 1.54) is 5.56 Å². The summed E-state index contributed by atoms with van der Waals surface area (Å²) in [6.07, 6.45) is 4.23. The highest BCUT2D eigenvalue weighted by atomic mass is 16.5. The van der Waals surface area contributed by atoms with E-state index in [0.29, 0.717) is 11.7 Å². The summed E-state index contributed by atoms with van der Waals surface area (Å²) in [4.78, 5) is 12.6. The van der Waals surface area contributed by atoms with Gasteiger partial charge in [0.15, 0.2) is 0 Å². The number of ether oxygens (including phenoxy) is 1. The van der Waals surface area contributed by atoms with E-state index in [1.807, 2.05) is 43.3 Å². The maximum absolute atomic E-state index is 12.6. The Balaban J connectivity index is 2.05. The number of aryl methyl sites for hydroxylation is 1. The Morgan fingerprint density at radius 3 is 2.32 bits per heavy atom. The normalized spacial score (nSPS) is 12.2. The van der Waals surface area contributed by atoms with Crippen LogP contribution >= 0.6 is 0 Å². The van der Waals surface area contributed by atoms with Crippen LogP contribution < -0.4 is 4.74 Å². The van der Waals surface area contributed by atoms with Gasteiger partial charge in [0.1, 0.15) is 5.75 Å². The Morgan fingerprint density at radius 2 is 1.68 bits per heavy atom. The molecule has 134 valence electrons. The van der Waals surface area contributed by atoms with Crippen molar-refractivity contribution in [3.63, 3.8) is 0 Å². The molecule has 2 nitrogen and oxygen atoms in total. The molecule has 2 aromatic carbocycles. The smallest absolute Gasteiger partial charge is 0.318 e. The van der Waals surface area contributed by atoms with Crippen LogP contribution in [-0.4, -0.2) is 5.97 Å². The molecule has 0 saturated heterocycles. The van der Waals surface area contributed by atoms with E-state index in [2.05, 4.69) is 32.9 Å². The number of benzene rings is 2. The number of carbonyl (C=O) groups is 1. The molecule has 25 heavy (non-hydrogen) atoms. The van der Waals surface area contributed by atoms with Gasteiger partial charge < -0.3 is 4.74 Å². The molecule has 0 spiro atoms. The second-order valence-electron chi connectivity index (χ2n) is 7.19. The van der Waals surface area contributed by atoms with Crippen molar-refractivity contribution < 1.29 is 9.53 Å². The molecule has 0 fully saturated rings. The lowest BCUT2D eigenvalue weighted by Gasteiger charge is -2.15. The number of rotatable bonds is 8. The standard InChI is InChI=1S/C23H30O2/c1-5-6-9-21-10-7-8-11-22(21)25-23(24)18(4)20-14-12-19(13-15-20)16-17(2)3/h7-8,10-15,17-18H,5-6,9,16H2,1-4H3. The fraction of sp³-hybridized carbons (Fsp3) is 0.435. The second-order valence-corrected chi connectivity index (χ2v) is 7.19. The minimum atomic E-state index is -0.271. The molecule has 0 amide bonds. The Morgan fingerprint density at radius 1 is 1.00 bits per heavy atom. The molecule has 0 aromatic heterocycles.